The molecule has 70 valence electrons. The molecule has 3 nitrogen and oxygen atoms in total. The molecule has 0 aliphatic carbocycles. The highest BCUT2D eigenvalue weighted by molar-refractivity contribution is 8.14. The Hall–Kier alpha value is -0.770. The minimum atomic E-state index is 0.0931. The lowest BCUT2D eigenvalue weighted by Gasteiger charge is -2.09. The fourth-order valence-corrected chi connectivity index (χ4v) is 2.40. The summed E-state index contributed by atoms with van der Waals surface area (Å²) in [5.41, 5.74) is 1.23. The second-order valence-corrected chi connectivity index (χ2v) is 4.88. The molecule has 0 aromatic carbocycles. The lowest BCUT2D eigenvalue weighted by atomic mass is 10.1. The summed E-state index contributed by atoms with van der Waals surface area (Å²) in [6.45, 7) is 4.31. The Balaban J connectivity index is 2.29. The fourth-order valence-electron chi connectivity index (χ4n) is 1.26. The third-order valence-corrected chi connectivity index (χ3v) is 3.37. The van der Waals surface area contributed by atoms with Crippen molar-refractivity contribution in [3.05, 3.63) is 18.0 Å². The summed E-state index contributed by atoms with van der Waals surface area (Å²) in [6.07, 6.45) is 3.88. The van der Waals surface area contributed by atoms with E-state index in [0.29, 0.717) is 0 Å². The third kappa shape index (κ3) is 1.77. The van der Waals surface area contributed by atoms with Gasteiger partial charge in [0.15, 0.2) is 0 Å². The summed E-state index contributed by atoms with van der Waals surface area (Å²) in [5, 5.41) is 5.25. The molecule has 0 amide bonds. The van der Waals surface area contributed by atoms with Gasteiger partial charge in [0.05, 0.1) is 11.7 Å². The van der Waals surface area contributed by atoms with Crippen LogP contribution in [0, 0.1) is 0 Å². The smallest absolute Gasteiger partial charge is 0.102 e. The van der Waals surface area contributed by atoms with Crippen LogP contribution in [0.25, 0.3) is 0 Å². The van der Waals surface area contributed by atoms with Gasteiger partial charge in [-0.25, -0.2) is 0 Å². The molecule has 0 N–H and O–H groups in total. The number of rotatable bonds is 1. The molecule has 0 spiro atoms. The molecule has 1 aliphatic rings. The van der Waals surface area contributed by atoms with E-state index in [4.69, 9.17) is 0 Å². The summed E-state index contributed by atoms with van der Waals surface area (Å²) in [7, 11) is 1.93. The van der Waals surface area contributed by atoms with Crippen molar-refractivity contribution in [1.82, 2.24) is 9.78 Å². The van der Waals surface area contributed by atoms with E-state index in [1.165, 1.54) is 0 Å². The molecule has 0 fully saturated rings. The zero-order valence-electron chi connectivity index (χ0n) is 8.11. The average Bonchev–Trinajstić information content (AvgIpc) is 2.56. The Morgan fingerprint density at radius 3 is 2.77 bits per heavy atom. The third-order valence-electron chi connectivity index (χ3n) is 1.92. The van der Waals surface area contributed by atoms with Gasteiger partial charge in [0.1, 0.15) is 5.04 Å². The first-order valence-electron chi connectivity index (χ1n) is 4.28. The van der Waals surface area contributed by atoms with Crippen LogP contribution in [0.4, 0.5) is 0 Å². The SMILES string of the molecule is Cn1cc(C2=NC(C)(C)CS2)cn1. The molecule has 0 saturated heterocycles. The zero-order valence-corrected chi connectivity index (χ0v) is 8.93. The Bertz CT molecular complexity index is 351. The predicted molar refractivity (Wildman–Crippen MR) is 56.3 cm³/mol. The highest BCUT2D eigenvalue weighted by atomic mass is 32.2. The minimum absolute atomic E-state index is 0.0931. The number of thioether (sulfide) groups is 1. The molecule has 1 aromatic heterocycles. The van der Waals surface area contributed by atoms with E-state index in [1.54, 1.807) is 0 Å². The molecule has 1 aromatic rings. The molecule has 4 heteroatoms. The van der Waals surface area contributed by atoms with Crippen LogP contribution in [-0.2, 0) is 7.05 Å². The summed E-state index contributed by atoms with van der Waals surface area (Å²) in [4.78, 5) is 4.63. The summed E-state index contributed by atoms with van der Waals surface area (Å²) < 4.78 is 1.81. The molecule has 0 radical (unpaired) electrons. The van der Waals surface area contributed by atoms with Crippen LogP contribution < -0.4 is 0 Å². The first kappa shape index (κ1) is 8.81. The van der Waals surface area contributed by atoms with Crippen molar-refractivity contribution in [1.29, 1.82) is 0 Å². The van der Waals surface area contributed by atoms with E-state index in [1.807, 2.05) is 35.9 Å². The average molecular weight is 195 g/mol. The second kappa shape index (κ2) is 2.87. The van der Waals surface area contributed by atoms with Gasteiger partial charge in [-0.05, 0) is 13.8 Å². The first-order valence-corrected chi connectivity index (χ1v) is 5.27. The molecule has 0 saturated carbocycles. The molecule has 0 unspecified atom stereocenters. The van der Waals surface area contributed by atoms with Gasteiger partial charge in [0.2, 0.25) is 0 Å². The van der Waals surface area contributed by atoms with E-state index in [0.717, 1.165) is 16.4 Å². The van der Waals surface area contributed by atoms with Crippen LogP contribution in [0.15, 0.2) is 17.4 Å². The van der Waals surface area contributed by atoms with E-state index in [2.05, 4.69) is 23.9 Å². The molecule has 2 heterocycles. The van der Waals surface area contributed by atoms with Crippen molar-refractivity contribution in [3.8, 4) is 0 Å². The fraction of sp³-hybridized carbons (Fsp3) is 0.556. The normalized spacial score (nSPS) is 20.4. The van der Waals surface area contributed by atoms with E-state index < -0.39 is 0 Å². The molecule has 0 atom stereocenters. The van der Waals surface area contributed by atoms with E-state index >= 15 is 0 Å². The van der Waals surface area contributed by atoms with Crippen LogP contribution in [0.2, 0.25) is 0 Å². The van der Waals surface area contributed by atoms with E-state index in [-0.39, 0.29) is 5.54 Å². The number of aliphatic imine (C=N–C) groups is 1. The molecule has 0 bridgehead atoms. The maximum absolute atomic E-state index is 4.63. The van der Waals surface area contributed by atoms with Gasteiger partial charge in [-0.1, -0.05) is 0 Å². The predicted octanol–water partition coefficient (Wildman–Crippen LogP) is 1.69. The first-order chi connectivity index (χ1) is 6.07. The Labute approximate surface area is 82.2 Å². The molecule has 13 heavy (non-hydrogen) atoms. The standard InChI is InChI=1S/C9H13N3S/c1-9(2)6-13-8(11-9)7-4-10-12(3)5-7/h4-5H,6H2,1-3H3. The topological polar surface area (TPSA) is 30.2 Å². The highest BCUT2D eigenvalue weighted by Gasteiger charge is 2.26. The summed E-state index contributed by atoms with van der Waals surface area (Å²) >= 11 is 1.81. The minimum Gasteiger partial charge on any atom is -0.275 e. The molecular formula is C9H13N3S. The van der Waals surface area contributed by atoms with Crippen LogP contribution in [0.3, 0.4) is 0 Å². The van der Waals surface area contributed by atoms with Crippen molar-refractivity contribution in [2.45, 2.75) is 19.4 Å². The van der Waals surface area contributed by atoms with Crippen molar-refractivity contribution in [2.75, 3.05) is 5.75 Å². The van der Waals surface area contributed by atoms with Crippen molar-refractivity contribution < 1.29 is 0 Å². The van der Waals surface area contributed by atoms with Crippen LogP contribution in [0.1, 0.15) is 19.4 Å². The van der Waals surface area contributed by atoms with Crippen LogP contribution >= 0.6 is 11.8 Å². The highest BCUT2D eigenvalue weighted by Crippen LogP contribution is 2.29. The van der Waals surface area contributed by atoms with Gasteiger partial charge >= 0.3 is 0 Å². The summed E-state index contributed by atoms with van der Waals surface area (Å²) in [6, 6.07) is 0. The van der Waals surface area contributed by atoms with Crippen molar-refractivity contribution in [3.63, 3.8) is 0 Å². The molecule has 2 rings (SSSR count). The van der Waals surface area contributed by atoms with Crippen molar-refractivity contribution >= 4 is 16.8 Å². The summed E-state index contributed by atoms with van der Waals surface area (Å²) in [5.74, 6) is 1.07. The number of hydrogen-bond donors (Lipinski definition) is 0. The number of hydrogen-bond acceptors (Lipinski definition) is 3. The lowest BCUT2D eigenvalue weighted by Crippen LogP contribution is -2.15. The Kier molecular flexibility index (Phi) is 1.95. The monoisotopic (exact) mass is 195 g/mol. The second-order valence-electron chi connectivity index (χ2n) is 3.92. The van der Waals surface area contributed by atoms with Gasteiger partial charge in [-0.3, -0.25) is 9.67 Å². The number of aromatic nitrogens is 2. The Morgan fingerprint density at radius 1 is 1.54 bits per heavy atom. The zero-order chi connectivity index (χ0) is 9.47. The maximum atomic E-state index is 4.63. The van der Waals surface area contributed by atoms with E-state index in [9.17, 15) is 0 Å². The largest absolute Gasteiger partial charge is 0.275 e. The van der Waals surface area contributed by atoms with Crippen molar-refractivity contribution in [2.24, 2.45) is 12.0 Å². The van der Waals surface area contributed by atoms with Gasteiger partial charge in [-0.2, -0.15) is 5.10 Å². The Morgan fingerprint density at radius 2 is 2.31 bits per heavy atom. The lowest BCUT2D eigenvalue weighted by molar-refractivity contribution is 0.605. The number of aryl methyl sites for hydroxylation is 1. The maximum Gasteiger partial charge on any atom is 0.102 e. The van der Waals surface area contributed by atoms with Gasteiger partial charge in [0, 0.05) is 24.6 Å². The van der Waals surface area contributed by atoms with Gasteiger partial charge in [-0.15, -0.1) is 11.8 Å². The number of nitrogens with zero attached hydrogens (tertiary/aromatic N) is 3. The van der Waals surface area contributed by atoms with Gasteiger partial charge < -0.3 is 0 Å². The van der Waals surface area contributed by atoms with Gasteiger partial charge in [0.25, 0.3) is 0 Å². The van der Waals surface area contributed by atoms with Crippen LogP contribution in [0.5, 0.6) is 0 Å². The quantitative estimate of drug-likeness (QED) is 0.682. The molecule has 1 aliphatic heterocycles. The van der Waals surface area contributed by atoms with Crippen LogP contribution in [-0.4, -0.2) is 26.1 Å². The molecular weight excluding hydrogens is 182 g/mol.